The molecule has 0 aromatic carbocycles. The number of aliphatic carboxylic acids is 3. The number of carbonyl (C=O) groups is 6. The number of amides is 3. The zero-order chi connectivity index (χ0) is 38.1. The zero-order valence-electron chi connectivity index (χ0n) is 27.0. The molecule has 1 aliphatic heterocycles. The van der Waals surface area contributed by atoms with Gasteiger partial charge in [0.1, 0.15) is 24.1 Å². The van der Waals surface area contributed by atoms with Gasteiger partial charge in [-0.2, -0.15) is 4.98 Å². The first-order valence-electron chi connectivity index (χ1n) is 15.2. The quantitative estimate of drug-likeness (QED) is 0.0331. The van der Waals surface area contributed by atoms with E-state index < -0.39 is 84.8 Å². The molecule has 12 N–H and O–H groups in total. The molecule has 1 saturated heterocycles. The number of carboxylic acids is 3. The molecule has 2 heterocycles. The third-order valence-corrected chi connectivity index (χ3v) is 14.5. The molecule has 0 aliphatic carbocycles. The van der Waals surface area contributed by atoms with E-state index in [2.05, 4.69) is 15.6 Å². The number of hydrogen-bond acceptors (Lipinski definition) is 15. The number of carboxylic acid groups (broad SMARTS) is 3. The first-order chi connectivity index (χ1) is 24.1. The van der Waals surface area contributed by atoms with Crippen LogP contribution in [0.25, 0.3) is 0 Å². The second-order valence-electron chi connectivity index (χ2n) is 11.0. The summed E-state index contributed by atoms with van der Waals surface area (Å²) in [5.74, 6) is -6.03. The number of aliphatic hydroxyl groups excluding tert-OH is 1. The summed E-state index contributed by atoms with van der Waals surface area (Å²) in [7, 11) is 3.50. The average Bonchev–Trinajstić information content (AvgIpc) is 3.42. The molecule has 9 atom stereocenters. The Labute approximate surface area is 304 Å². The number of rotatable bonds is 24. The topological polar surface area (TPSA) is 336 Å². The monoisotopic (exact) mass is 817 g/mol. The van der Waals surface area contributed by atoms with Crippen LogP contribution in [0, 0.1) is 0 Å². The molecule has 286 valence electrons. The normalized spacial score (nSPS) is 19.4. The molecular weight excluding hydrogens is 775 g/mol. The van der Waals surface area contributed by atoms with Crippen LogP contribution in [-0.2, 0) is 40.0 Å². The van der Waals surface area contributed by atoms with Crippen molar-refractivity contribution in [3.63, 3.8) is 0 Å². The number of nitrogens with zero attached hydrogens (tertiary/aromatic N) is 2. The van der Waals surface area contributed by atoms with Gasteiger partial charge in [0, 0.05) is 51.1 Å². The number of aromatic nitrogens is 2. The van der Waals surface area contributed by atoms with Crippen LogP contribution in [-0.4, -0.2) is 119 Å². The largest absolute Gasteiger partial charge is 0.481 e. The molecule has 1 fully saturated rings. The SMILES string of the molecule is Nc1nc(=O)n(C2CC(O)C(CPPPO)O2)cc1CNC(=O)CCSSCCCC(N)C(=O)NC(CC(=O)O)C(=O)NC(CC(=O)O)C(=O)O. The van der Waals surface area contributed by atoms with Crippen LogP contribution < -0.4 is 33.1 Å². The number of nitrogen functional groups attached to an aromatic ring is 1. The number of nitrogens with one attached hydrogen (secondary N) is 3. The molecule has 2 rings (SSSR count). The van der Waals surface area contributed by atoms with Crippen LogP contribution in [0.3, 0.4) is 0 Å². The van der Waals surface area contributed by atoms with Gasteiger partial charge in [-0.25, -0.2) is 9.59 Å². The van der Waals surface area contributed by atoms with Gasteiger partial charge in [-0.05, 0) is 27.0 Å². The highest BCUT2D eigenvalue weighted by Gasteiger charge is 2.35. The number of anilines is 1. The van der Waals surface area contributed by atoms with Crippen molar-refractivity contribution in [3.8, 4) is 0 Å². The third-order valence-electron chi connectivity index (χ3n) is 7.08. The van der Waals surface area contributed by atoms with Crippen molar-refractivity contribution in [1.29, 1.82) is 0 Å². The third kappa shape index (κ3) is 16.3. The molecule has 25 heteroatoms. The van der Waals surface area contributed by atoms with Crippen LogP contribution >= 0.6 is 46.3 Å². The molecule has 1 aromatic heterocycles. The minimum atomic E-state index is -1.84. The van der Waals surface area contributed by atoms with E-state index in [0.29, 0.717) is 45.9 Å². The Hall–Kier alpha value is -2.67. The van der Waals surface area contributed by atoms with Gasteiger partial charge in [0.05, 0.1) is 31.1 Å². The van der Waals surface area contributed by atoms with Crippen LogP contribution in [0.5, 0.6) is 0 Å². The Morgan fingerprint density at radius 1 is 1.04 bits per heavy atom. The summed E-state index contributed by atoms with van der Waals surface area (Å²) in [6.07, 6.45) is -0.855. The number of carbonyl (C=O) groups excluding carboxylic acids is 3. The van der Waals surface area contributed by atoms with Gasteiger partial charge < -0.3 is 57.5 Å². The summed E-state index contributed by atoms with van der Waals surface area (Å²) in [6, 6.07) is -4.65. The van der Waals surface area contributed by atoms with Crippen molar-refractivity contribution >= 4 is 87.8 Å². The zero-order valence-corrected chi connectivity index (χ0v) is 31.6. The lowest BCUT2D eigenvalue weighted by molar-refractivity contribution is -0.148. The lowest BCUT2D eigenvalue weighted by Gasteiger charge is -2.21. The molecule has 1 aliphatic rings. The fraction of sp³-hybridized carbons (Fsp3) is 0.615. The summed E-state index contributed by atoms with van der Waals surface area (Å²) in [6.45, 7) is 0.00575. The second kappa shape index (κ2) is 23.1. The Balaban J connectivity index is 1.72. The summed E-state index contributed by atoms with van der Waals surface area (Å²) in [4.78, 5) is 96.0. The van der Waals surface area contributed by atoms with Crippen LogP contribution in [0.15, 0.2) is 11.0 Å². The lowest BCUT2D eigenvalue weighted by Crippen LogP contribution is -2.55. The maximum Gasteiger partial charge on any atom is 0.351 e. The highest BCUT2D eigenvalue weighted by atomic mass is 33.1. The van der Waals surface area contributed by atoms with Gasteiger partial charge >= 0.3 is 23.6 Å². The molecule has 0 saturated carbocycles. The summed E-state index contributed by atoms with van der Waals surface area (Å²) in [5.41, 5.74) is 11.5. The number of hydrogen-bond donors (Lipinski definition) is 10. The van der Waals surface area contributed by atoms with Gasteiger partial charge in [0.2, 0.25) is 17.7 Å². The van der Waals surface area contributed by atoms with Gasteiger partial charge in [-0.15, -0.1) is 0 Å². The van der Waals surface area contributed by atoms with Crippen LogP contribution in [0.2, 0.25) is 0 Å². The Kier molecular flexibility index (Phi) is 20.1. The molecule has 1 aromatic rings. The summed E-state index contributed by atoms with van der Waals surface area (Å²) < 4.78 is 7.11. The van der Waals surface area contributed by atoms with E-state index in [1.807, 2.05) is 5.32 Å². The summed E-state index contributed by atoms with van der Waals surface area (Å²) in [5, 5.41) is 44.2. The van der Waals surface area contributed by atoms with Crippen molar-refractivity contribution < 1.29 is 58.8 Å². The van der Waals surface area contributed by atoms with Gasteiger partial charge in [0.15, 0.2) is 0 Å². The molecule has 9 unspecified atom stereocenters. The summed E-state index contributed by atoms with van der Waals surface area (Å²) >= 11 is 0. The predicted molar refractivity (Wildman–Crippen MR) is 194 cm³/mol. The second-order valence-corrected chi connectivity index (χ2v) is 19.6. The molecule has 0 radical (unpaired) electrons. The van der Waals surface area contributed by atoms with Crippen LogP contribution in [0.4, 0.5) is 5.82 Å². The fourth-order valence-corrected chi connectivity index (χ4v) is 10.1. The van der Waals surface area contributed by atoms with Crippen molar-refractivity contribution in [2.75, 3.05) is 23.4 Å². The molecular formula is C26H42N7O13P3S2. The van der Waals surface area contributed by atoms with E-state index in [1.165, 1.54) is 32.4 Å². The van der Waals surface area contributed by atoms with Crippen molar-refractivity contribution in [2.24, 2.45) is 5.73 Å². The number of ether oxygens (including phenoxy) is 1. The minimum Gasteiger partial charge on any atom is -0.481 e. The standard InChI is InChI=1S/C26H42N7O13P3S2/c27-13(23(40)30-14(6-20(36)37)24(41)31-15(25(42)43)7-21(38)39)2-1-4-50-51-5-3-18(35)29-9-12-10-33(26(44)32-22(12)28)19-8-16(34)17(46-19)11-47-49-48-45/h10,13-17,19,34,45,47-49H,1-9,11,27H2,(H,29,35)(H,30,40)(H,31,41)(H,36,37)(H,38,39)(H,42,43)(H2,28,32,44). The molecule has 3 amide bonds. The Morgan fingerprint density at radius 3 is 2.33 bits per heavy atom. The van der Waals surface area contributed by atoms with Gasteiger partial charge in [-0.3, -0.25) is 28.5 Å². The van der Waals surface area contributed by atoms with E-state index in [1.54, 1.807) is 0 Å². The van der Waals surface area contributed by atoms with E-state index in [4.69, 9.17) is 36.4 Å². The van der Waals surface area contributed by atoms with Gasteiger partial charge in [-0.1, -0.05) is 29.9 Å². The molecule has 20 nitrogen and oxygen atoms in total. The molecule has 51 heavy (non-hydrogen) atoms. The highest BCUT2D eigenvalue weighted by molar-refractivity contribution is 8.76. The van der Waals surface area contributed by atoms with Crippen molar-refractivity contribution in [3.05, 3.63) is 22.2 Å². The maximum absolute atomic E-state index is 12.5. The van der Waals surface area contributed by atoms with Gasteiger partial charge in [0.25, 0.3) is 0 Å². The van der Waals surface area contributed by atoms with Crippen molar-refractivity contribution in [2.45, 2.75) is 81.6 Å². The number of nitrogens with two attached hydrogens (primary N) is 2. The van der Waals surface area contributed by atoms with E-state index in [9.17, 15) is 38.7 Å². The van der Waals surface area contributed by atoms with Crippen LogP contribution in [0.1, 0.15) is 50.3 Å². The fourth-order valence-electron chi connectivity index (χ4n) is 4.46. The Bertz CT molecular complexity index is 1450. The maximum atomic E-state index is 12.5. The lowest BCUT2D eigenvalue weighted by atomic mass is 10.1. The average molecular weight is 818 g/mol. The highest BCUT2D eigenvalue weighted by Crippen LogP contribution is 2.51. The molecule has 0 bridgehead atoms. The molecule has 0 spiro atoms. The minimum absolute atomic E-state index is 0.00575. The van der Waals surface area contributed by atoms with E-state index >= 15 is 0 Å². The predicted octanol–water partition coefficient (Wildman–Crippen LogP) is -1.25. The van der Waals surface area contributed by atoms with E-state index in [-0.39, 0.29) is 46.0 Å². The first-order valence-corrected chi connectivity index (χ1v) is 22.9. The van der Waals surface area contributed by atoms with E-state index in [0.717, 1.165) is 0 Å². The smallest absolute Gasteiger partial charge is 0.351 e. The first kappa shape index (κ1) is 44.5. The Morgan fingerprint density at radius 2 is 1.69 bits per heavy atom. The van der Waals surface area contributed by atoms with Crippen molar-refractivity contribution in [1.82, 2.24) is 25.5 Å². The number of aliphatic hydroxyl groups is 1.